The Morgan fingerprint density at radius 3 is 2.33 bits per heavy atom. The van der Waals surface area contributed by atoms with Crippen LogP contribution in [0, 0.1) is 5.92 Å². The summed E-state index contributed by atoms with van der Waals surface area (Å²) in [7, 11) is 0. The van der Waals surface area contributed by atoms with Crippen molar-refractivity contribution in [3.05, 3.63) is 36.3 Å². The number of hydrogen-bond donors (Lipinski definition) is 2. The number of likely N-dealkylation sites (tertiary alicyclic amines) is 1. The Bertz CT molecular complexity index is 834. The van der Waals surface area contributed by atoms with E-state index in [-0.39, 0.29) is 17.7 Å². The Morgan fingerprint density at radius 2 is 1.63 bits per heavy atom. The van der Waals surface area contributed by atoms with E-state index in [0.717, 1.165) is 36.9 Å². The maximum absolute atomic E-state index is 12.9. The van der Waals surface area contributed by atoms with E-state index in [4.69, 9.17) is 0 Å². The second-order valence-corrected chi connectivity index (χ2v) is 8.52. The minimum atomic E-state index is -0.0540. The van der Waals surface area contributed by atoms with Crippen molar-refractivity contribution in [3.8, 4) is 11.3 Å². The molecule has 2 aromatic rings. The average molecular weight is 410 g/mol. The lowest BCUT2D eigenvalue weighted by Crippen LogP contribution is -2.45. The van der Waals surface area contributed by atoms with Gasteiger partial charge in [0.1, 0.15) is 5.69 Å². The van der Waals surface area contributed by atoms with Gasteiger partial charge >= 0.3 is 0 Å². The fourth-order valence-corrected chi connectivity index (χ4v) is 4.54. The number of carbonyl (C=O) groups excluding carboxylic acids is 2. The predicted octanol–water partition coefficient (Wildman–Crippen LogP) is 3.55. The van der Waals surface area contributed by atoms with Crippen LogP contribution in [0.2, 0.25) is 0 Å². The lowest BCUT2D eigenvalue weighted by atomic mass is 9.93. The number of pyridine rings is 1. The second-order valence-electron chi connectivity index (χ2n) is 8.52. The van der Waals surface area contributed by atoms with Crippen LogP contribution >= 0.6 is 0 Å². The molecule has 0 bridgehead atoms. The molecular formula is C23H31N5O2. The van der Waals surface area contributed by atoms with Crippen LogP contribution in [0.3, 0.4) is 0 Å². The number of rotatable bonds is 4. The quantitative estimate of drug-likeness (QED) is 0.808. The first-order chi connectivity index (χ1) is 14.7. The molecule has 2 aromatic heterocycles. The normalized spacial score (nSPS) is 19.1. The molecule has 3 heterocycles. The number of nitrogens with zero attached hydrogens (tertiary/aromatic N) is 3. The van der Waals surface area contributed by atoms with Crippen molar-refractivity contribution in [2.45, 2.75) is 63.8 Å². The number of amides is 2. The number of hydrogen-bond acceptors (Lipinski definition) is 4. The maximum atomic E-state index is 12.9. The van der Waals surface area contributed by atoms with Gasteiger partial charge in [-0.15, -0.1) is 0 Å². The molecule has 160 valence electrons. The van der Waals surface area contributed by atoms with Gasteiger partial charge in [-0.1, -0.05) is 32.1 Å². The first kappa shape index (κ1) is 20.6. The van der Waals surface area contributed by atoms with Gasteiger partial charge in [0.25, 0.3) is 5.91 Å². The highest BCUT2D eigenvalue weighted by molar-refractivity contribution is 5.93. The third-order valence-corrected chi connectivity index (χ3v) is 6.39. The molecule has 1 aliphatic carbocycles. The zero-order valence-electron chi connectivity index (χ0n) is 17.5. The molecular weight excluding hydrogens is 378 g/mol. The Kier molecular flexibility index (Phi) is 6.77. The zero-order chi connectivity index (χ0) is 20.8. The van der Waals surface area contributed by atoms with Crippen LogP contribution in [0.15, 0.2) is 30.6 Å². The van der Waals surface area contributed by atoms with Gasteiger partial charge in [0.15, 0.2) is 0 Å². The van der Waals surface area contributed by atoms with Gasteiger partial charge in [0.2, 0.25) is 5.91 Å². The molecule has 4 rings (SSSR count). The molecule has 1 saturated heterocycles. The molecule has 0 atom stereocenters. The topological polar surface area (TPSA) is 91.0 Å². The summed E-state index contributed by atoms with van der Waals surface area (Å²) in [5, 5.41) is 10.4. The number of aromatic amines is 1. The van der Waals surface area contributed by atoms with Crippen molar-refractivity contribution in [3.63, 3.8) is 0 Å². The molecule has 0 spiro atoms. The van der Waals surface area contributed by atoms with E-state index < -0.39 is 0 Å². The molecule has 2 amide bonds. The summed E-state index contributed by atoms with van der Waals surface area (Å²) >= 11 is 0. The fourth-order valence-electron chi connectivity index (χ4n) is 4.54. The van der Waals surface area contributed by atoms with E-state index in [2.05, 4.69) is 20.5 Å². The third kappa shape index (κ3) is 5.07. The molecule has 0 aromatic carbocycles. The molecule has 1 aliphatic heterocycles. The number of aromatic nitrogens is 3. The van der Waals surface area contributed by atoms with Crippen LogP contribution in [0.5, 0.6) is 0 Å². The molecule has 7 heteroatoms. The summed E-state index contributed by atoms with van der Waals surface area (Å²) in [6, 6.07) is 5.84. The highest BCUT2D eigenvalue weighted by Crippen LogP contribution is 2.23. The molecule has 2 N–H and O–H groups in total. The Hall–Kier alpha value is -2.70. The van der Waals surface area contributed by atoms with Gasteiger partial charge in [-0.3, -0.25) is 19.7 Å². The van der Waals surface area contributed by atoms with E-state index in [9.17, 15) is 9.59 Å². The van der Waals surface area contributed by atoms with Gasteiger partial charge in [-0.25, -0.2) is 0 Å². The van der Waals surface area contributed by atoms with Crippen molar-refractivity contribution < 1.29 is 9.59 Å². The third-order valence-electron chi connectivity index (χ3n) is 6.39. The second kappa shape index (κ2) is 9.87. The van der Waals surface area contributed by atoms with Crippen molar-refractivity contribution in [1.82, 2.24) is 25.4 Å². The van der Waals surface area contributed by atoms with Crippen molar-refractivity contribution in [2.75, 3.05) is 13.1 Å². The van der Waals surface area contributed by atoms with Gasteiger partial charge in [0.05, 0.1) is 5.69 Å². The van der Waals surface area contributed by atoms with Gasteiger partial charge in [-0.2, -0.15) is 5.10 Å². The summed E-state index contributed by atoms with van der Waals surface area (Å²) in [6.45, 7) is 1.20. The van der Waals surface area contributed by atoms with Gasteiger partial charge in [-0.05, 0) is 43.9 Å². The smallest absolute Gasteiger partial charge is 0.271 e. The number of H-pyrrole nitrogens is 1. The summed E-state index contributed by atoms with van der Waals surface area (Å²) in [6.07, 6.45) is 13.4. The minimum Gasteiger partial charge on any atom is -0.353 e. The summed E-state index contributed by atoms with van der Waals surface area (Å²) in [5.74, 6) is 0.129. The van der Waals surface area contributed by atoms with E-state index in [1.165, 1.54) is 32.1 Å². The van der Waals surface area contributed by atoms with E-state index in [1.807, 2.05) is 17.0 Å². The largest absolute Gasteiger partial charge is 0.353 e. The van der Waals surface area contributed by atoms with Gasteiger partial charge in [0, 0.05) is 43.0 Å². The lowest BCUT2D eigenvalue weighted by molar-refractivity contribution is -0.127. The molecule has 2 fully saturated rings. The van der Waals surface area contributed by atoms with Crippen LogP contribution in [0.25, 0.3) is 11.3 Å². The fraction of sp³-hybridized carbons (Fsp3) is 0.565. The van der Waals surface area contributed by atoms with E-state index in [1.54, 1.807) is 18.5 Å². The van der Waals surface area contributed by atoms with Crippen LogP contribution in [-0.4, -0.2) is 51.0 Å². The lowest BCUT2D eigenvalue weighted by Gasteiger charge is -2.32. The minimum absolute atomic E-state index is 0.00800. The van der Waals surface area contributed by atoms with Crippen molar-refractivity contribution >= 4 is 11.8 Å². The highest BCUT2D eigenvalue weighted by Gasteiger charge is 2.29. The molecule has 7 nitrogen and oxygen atoms in total. The standard InChI is InChI=1S/C23H31N5O2/c29-22(25-19-6-4-2-1-3-5-7-19)18-10-14-28(15-11-18)23(30)21-16-20(26-27-21)17-8-12-24-13-9-17/h8-9,12-13,16,18-19H,1-7,10-11,14-15H2,(H,25,29)(H,26,27). The molecule has 0 radical (unpaired) electrons. The van der Waals surface area contributed by atoms with Crippen LogP contribution in [-0.2, 0) is 4.79 Å². The molecule has 1 saturated carbocycles. The number of piperidine rings is 1. The molecule has 0 unspecified atom stereocenters. The Labute approximate surface area is 177 Å². The Balaban J connectivity index is 1.28. The van der Waals surface area contributed by atoms with Gasteiger partial charge < -0.3 is 10.2 Å². The van der Waals surface area contributed by atoms with E-state index in [0.29, 0.717) is 24.8 Å². The van der Waals surface area contributed by atoms with Crippen LogP contribution in [0.1, 0.15) is 68.3 Å². The Morgan fingerprint density at radius 1 is 0.967 bits per heavy atom. The van der Waals surface area contributed by atoms with Crippen molar-refractivity contribution in [2.24, 2.45) is 5.92 Å². The maximum Gasteiger partial charge on any atom is 0.271 e. The average Bonchev–Trinajstić information content (AvgIpc) is 3.26. The number of nitrogens with one attached hydrogen (secondary N) is 2. The number of carbonyl (C=O) groups is 2. The molecule has 2 aliphatic rings. The molecule has 30 heavy (non-hydrogen) atoms. The first-order valence-electron chi connectivity index (χ1n) is 11.3. The SMILES string of the molecule is O=C(NC1CCCCCCC1)C1CCN(C(=O)c2cc(-c3ccncc3)n[nH]2)CC1. The predicted molar refractivity (Wildman–Crippen MR) is 115 cm³/mol. The summed E-state index contributed by atoms with van der Waals surface area (Å²) in [5.41, 5.74) is 2.14. The zero-order valence-corrected chi connectivity index (χ0v) is 17.5. The van der Waals surface area contributed by atoms with Crippen LogP contribution in [0.4, 0.5) is 0 Å². The first-order valence-corrected chi connectivity index (χ1v) is 11.3. The summed E-state index contributed by atoms with van der Waals surface area (Å²) < 4.78 is 0. The monoisotopic (exact) mass is 409 g/mol. The van der Waals surface area contributed by atoms with E-state index >= 15 is 0 Å². The highest BCUT2D eigenvalue weighted by atomic mass is 16.2. The van der Waals surface area contributed by atoms with Crippen LogP contribution < -0.4 is 5.32 Å². The summed E-state index contributed by atoms with van der Waals surface area (Å²) in [4.78, 5) is 31.4. The van der Waals surface area contributed by atoms with Crippen molar-refractivity contribution in [1.29, 1.82) is 0 Å².